The van der Waals surface area contributed by atoms with E-state index in [1.165, 1.54) is 19.1 Å². The van der Waals surface area contributed by atoms with Crippen LogP contribution in [0.5, 0.6) is 11.5 Å². The van der Waals surface area contributed by atoms with Gasteiger partial charge in [-0.1, -0.05) is 18.2 Å². The number of benzene rings is 2. The minimum Gasteiger partial charge on any atom is -0.454 e. The number of carbonyl (C=O) groups excluding carboxylic acids is 1. The molecular weight excluding hydrogens is 351 g/mol. The second kappa shape index (κ2) is 6.53. The Morgan fingerprint density at radius 1 is 1.15 bits per heavy atom. The average molecular weight is 367 g/mol. The number of rotatable bonds is 4. The number of halogens is 3. The van der Waals surface area contributed by atoms with Crippen LogP contribution in [-0.4, -0.2) is 24.4 Å². The Bertz CT molecular complexity index is 833. The van der Waals surface area contributed by atoms with Gasteiger partial charge in [0.05, 0.1) is 17.7 Å². The third-order valence-corrected chi connectivity index (χ3v) is 4.06. The van der Waals surface area contributed by atoms with Gasteiger partial charge in [0.1, 0.15) is 5.60 Å². The molecule has 2 aromatic carbocycles. The Morgan fingerprint density at radius 2 is 1.85 bits per heavy atom. The maximum Gasteiger partial charge on any atom is 0.417 e. The lowest BCUT2D eigenvalue weighted by Gasteiger charge is -2.25. The second-order valence-electron chi connectivity index (χ2n) is 6.07. The second-order valence-corrected chi connectivity index (χ2v) is 6.07. The Hall–Kier alpha value is -2.74. The van der Waals surface area contributed by atoms with Crippen molar-refractivity contribution in [3.05, 3.63) is 59.2 Å². The summed E-state index contributed by atoms with van der Waals surface area (Å²) in [5.41, 5.74) is -2.60. The van der Waals surface area contributed by atoms with Crippen LogP contribution in [-0.2, 0) is 11.8 Å². The van der Waals surface area contributed by atoms with E-state index in [1.54, 1.807) is 18.2 Å². The normalized spacial score (nSPS) is 15.4. The topological polar surface area (TPSA) is 67.8 Å². The monoisotopic (exact) mass is 367 g/mol. The summed E-state index contributed by atoms with van der Waals surface area (Å²) in [5, 5.41) is 13.0. The first kappa shape index (κ1) is 18.1. The van der Waals surface area contributed by atoms with E-state index in [0.29, 0.717) is 17.1 Å². The largest absolute Gasteiger partial charge is 0.454 e. The Labute approximate surface area is 147 Å². The van der Waals surface area contributed by atoms with E-state index in [-0.39, 0.29) is 13.3 Å². The first-order valence-corrected chi connectivity index (χ1v) is 7.75. The zero-order valence-corrected chi connectivity index (χ0v) is 13.8. The van der Waals surface area contributed by atoms with Crippen molar-refractivity contribution in [1.82, 2.24) is 5.32 Å². The molecule has 0 bridgehead atoms. The molecule has 0 saturated heterocycles. The molecule has 2 aromatic rings. The summed E-state index contributed by atoms with van der Waals surface area (Å²) in [6, 6.07) is 9.27. The third kappa shape index (κ3) is 3.60. The molecule has 8 heteroatoms. The van der Waals surface area contributed by atoms with Crippen molar-refractivity contribution in [2.45, 2.75) is 18.7 Å². The molecule has 138 valence electrons. The van der Waals surface area contributed by atoms with E-state index in [4.69, 9.17) is 9.47 Å². The molecule has 0 saturated carbocycles. The molecule has 26 heavy (non-hydrogen) atoms. The molecule has 0 aliphatic carbocycles. The molecule has 0 radical (unpaired) electrons. The van der Waals surface area contributed by atoms with Crippen LogP contribution in [0.15, 0.2) is 42.5 Å². The highest BCUT2D eigenvalue weighted by Crippen LogP contribution is 2.36. The standard InChI is InChI=1S/C18H16F3NO4/c1-17(24,11-6-7-14-15(8-11)26-10-25-14)9-22-16(23)12-4-2-3-5-13(12)18(19,20)21/h2-8,24H,9-10H2,1H3,(H,22,23)/t17-/m0/s1. The predicted octanol–water partition coefficient (Wildman–Crippen LogP) is 3.07. The molecular formula is C18H16F3NO4. The van der Waals surface area contributed by atoms with Gasteiger partial charge in [0.25, 0.3) is 5.91 Å². The van der Waals surface area contributed by atoms with E-state index in [0.717, 1.165) is 12.1 Å². The fourth-order valence-electron chi connectivity index (χ4n) is 2.61. The maximum absolute atomic E-state index is 13.0. The first-order valence-electron chi connectivity index (χ1n) is 7.75. The van der Waals surface area contributed by atoms with Gasteiger partial charge >= 0.3 is 6.18 Å². The molecule has 0 aromatic heterocycles. The summed E-state index contributed by atoms with van der Waals surface area (Å²) in [7, 11) is 0. The van der Waals surface area contributed by atoms with Crippen LogP contribution in [0.4, 0.5) is 13.2 Å². The van der Waals surface area contributed by atoms with Crippen molar-refractivity contribution in [2.75, 3.05) is 13.3 Å². The molecule has 1 atom stereocenters. The number of carbonyl (C=O) groups is 1. The molecule has 2 N–H and O–H groups in total. The molecule has 3 rings (SSSR count). The van der Waals surface area contributed by atoms with Gasteiger partial charge in [-0.05, 0) is 36.8 Å². The van der Waals surface area contributed by atoms with Gasteiger partial charge in [-0.25, -0.2) is 0 Å². The number of ether oxygens (including phenoxy) is 2. The van der Waals surface area contributed by atoms with Crippen LogP contribution < -0.4 is 14.8 Å². The zero-order valence-electron chi connectivity index (χ0n) is 13.8. The predicted molar refractivity (Wildman–Crippen MR) is 85.9 cm³/mol. The van der Waals surface area contributed by atoms with E-state index in [1.807, 2.05) is 0 Å². The third-order valence-electron chi connectivity index (χ3n) is 4.06. The van der Waals surface area contributed by atoms with Gasteiger partial charge in [-0.3, -0.25) is 4.79 Å². The summed E-state index contributed by atoms with van der Waals surface area (Å²) in [5.74, 6) is 0.0724. The summed E-state index contributed by atoms with van der Waals surface area (Å²) in [4.78, 5) is 12.2. The highest BCUT2D eigenvalue weighted by molar-refractivity contribution is 5.95. The van der Waals surface area contributed by atoms with Crippen molar-refractivity contribution in [3.8, 4) is 11.5 Å². The minimum absolute atomic E-state index is 0.0753. The molecule has 0 spiro atoms. The highest BCUT2D eigenvalue weighted by atomic mass is 19.4. The van der Waals surface area contributed by atoms with Crippen LogP contribution in [0.2, 0.25) is 0 Å². The minimum atomic E-state index is -4.65. The Kier molecular flexibility index (Phi) is 4.53. The molecule has 1 heterocycles. The molecule has 1 amide bonds. The van der Waals surface area contributed by atoms with Gasteiger partial charge in [0, 0.05) is 0 Å². The first-order chi connectivity index (χ1) is 12.2. The van der Waals surface area contributed by atoms with Crippen LogP contribution in [0, 0.1) is 0 Å². The van der Waals surface area contributed by atoms with Gasteiger partial charge in [0.2, 0.25) is 6.79 Å². The molecule has 0 fully saturated rings. The summed E-state index contributed by atoms with van der Waals surface area (Å²) in [6.45, 7) is 1.24. The summed E-state index contributed by atoms with van der Waals surface area (Å²) < 4.78 is 49.5. The number of nitrogens with one attached hydrogen (secondary N) is 1. The number of alkyl halides is 3. The van der Waals surface area contributed by atoms with Gasteiger partial charge in [0.15, 0.2) is 11.5 Å². The fourth-order valence-corrected chi connectivity index (χ4v) is 2.61. The quantitative estimate of drug-likeness (QED) is 0.872. The van der Waals surface area contributed by atoms with Crippen LogP contribution in [0.1, 0.15) is 28.4 Å². The number of fused-ring (bicyclic) bond motifs is 1. The lowest BCUT2D eigenvalue weighted by molar-refractivity contribution is -0.137. The van der Waals surface area contributed by atoms with Crippen LogP contribution in [0.3, 0.4) is 0 Å². The number of hydrogen-bond donors (Lipinski definition) is 2. The SMILES string of the molecule is C[C@](O)(CNC(=O)c1ccccc1C(F)(F)F)c1ccc2c(c1)OCO2. The lowest BCUT2D eigenvalue weighted by atomic mass is 9.95. The molecule has 0 unspecified atom stereocenters. The van der Waals surface area contributed by atoms with Gasteiger partial charge in [-0.2, -0.15) is 13.2 Å². The Balaban J connectivity index is 1.75. The van der Waals surface area contributed by atoms with E-state index >= 15 is 0 Å². The zero-order chi connectivity index (χ0) is 18.9. The highest BCUT2D eigenvalue weighted by Gasteiger charge is 2.35. The summed E-state index contributed by atoms with van der Waals surface area (Å²) >= 11 is 0. The number of amides is 1. The van der Waals surface area contributed by atoms with Crippen molar-refractivity contribution in [2.24, 2.45) is 0 Å². The fraction of sp³-hybridized carbons (Fsp3) is 0.278. The van der Waals surface area contributed by atoms with Crippen molar-refractivity contribution in [1.29, 1.82) is 0 Å². The van der Waals surface area contributed by atoms with Crippen LogP contribution >= 0.6 is 0 Å². The number of aliphatic hydroxyl groups is 1. The maximum atomic E-state index is 13.0. The smallest absolute Gasteiger partial charge is 0.417 e. The van der Waals surface area contributed by atoms with Crippen molar-refractivity contribution < 1.29 is 32.5 Å². The molecule has 5 nitrogen and oxygen atoms in total. The Morgan fingerprint density at radius 3 is 2.58 bits per heavy atom. The van der Waals surface area contributed by atoms with Crippen molar-refractivity contribution in [3.63, 3.8) is 0 Å². The number of hydrogen-bond acceptors (Lipinski definition) is 4. The van der Waals surface area contributed by atoms with Crippen molar-refractivity contribution >= 4 is 5.91 Å². The van der Waals surface area contributed by atoms with Gasteiger partial charge in [-0.15, -0.1) is 0 Å². The molecule has 1 aliphatic heterocycles. The average Bonchev–Trinajstić information content (AvgIpc) is 3.06. The lowest BCUT2D eigenvalue weighted by Crippen LogP contribution is -2.39. The van der Waals surface area contributed by atoms with Crippen LogP contribution in [0.25, 0.3) is 0 Å². The van der Waals surface area contributed by atoms with Gasteiger partial charge < -0.3 is 19.9 Å². The van der Waals surface area contributed by atoms with E-state index in [9.17, 15) is 23.1 Å². The van der Waals surface area contributed by atoms with E-state index in [2.05, 4.69) is 5.32 Å². The van der Waals surface area contributed by atoms with E-state index < -0.39 is 28.8 Å². The summed E-state index contributed by atoms with van der Waals surface area (Å²) in [6.07, 6.45) is -4.65. The molecule has 1 aliphatic rings.